The maximum Gasteiger partial charge on any atom is 0.300 e. The van der Waals surface area contributed by atoms with Crippen LogP contribution >= 0.6 is 0 Å². The molecule has 1 heterocycles. The van der Waals surface area contributed by atoms with Crippen molar-refractivity contribution in [3.8, 4) is 11.5 Å². The summed E-state index contributed by atoms with van der Waals surface area (Å²) in [6, 6.07) is 19.5. The highest BCUT2D eigenvalue weighted by Crippen LogP contribution is 2.43. The number of benzene rings is 3. The van der Waals surface area contributed by atoms with Crippen molar-refractivity contribution in [1.82, 2.24) is 0 Å². The third kappa shape index (κ3) is 5.56. The number of carbonyl (C=O) groups excluding carboxylic acids is 2. The van der Waals surface area contributed by atoms with E-state index in [-0.39, 0.29) is 17.3 Å². The first-order valence-electron chi connectivity index (χ1n) is 13.6. The summed E-state index contributed by atoms with van der Waals surface area (Å²) in [4.78, 5) is 28.6. The lowest BCUT2D eigenvalue weighted by molar-refractivity contribution is -0.132. The minimum Gasteiger partial charge on any atom is -0.507 e. The Kier molecular flexibility index (Phi) is 8.44. The minimum atomic E-state index is -0.829. The first-order chi connectivity index (χ1) is 18.7. The molecule has 1 fully saturated rings. The van der Waals surface area contributed by atoms with Crippen molar-refractivity contribution in [2.24, 2.45) is 0 Å². The van der Waals surface area contributed by atoms with Crippen LogP contribution < -0.4 is 14.4 Å². The molecule has 0 radical (unpaired) electrons. The van der Waals surface area contributed by atoms with E-state index in [4.69, 9.17) is 9.47 Å². The molecule has 0 aromatic heterocycles. The second kappa shape index (κ2) is 11.8. The molecule has 0 bridgehead atoms. The molecule has 3 aromatic rings. The fourth-order valence-electron chi connectivity index (χ4n) is 4.96. The average Bonchev–Trinajstić information content (AvgIpc) is 3.19. The van der Waals surface area contributed by atoms with E-state index in [1.54, 1.807) is 12.1 Å². The Balaban J connectivity index is 1.92. The SMILES string of the molecule is CCOc1cccc(C2/C(=C(\O)c3ccc(OCC)c(C(C)C)c3)C(=O)C(=O)N2c2ccc(C(C)C)cc2)c1. The fourth-order valence-corrected chi connectivity index (χ4v) is 4.96. The van der Waals surface area contributed by atoms with Crippen molar-refractivity contribution in [2.75, 3.05) is 18.1 Å². The number of rotatable bonds is 9. The number of amides is 1. The number of aliphatic hydroxyl groups is 1. The van der Waals surface area contributed by atoms with Crippen molar-refractivity contribution in [1.29, 1.82) is 0 Å². The molecule has 1 atom stereocenters. The summed E-state index contributed by atoms with van der Waals surface area (Å²) in [5.41, 5.74) is 3.79. The Morgan fingerprint density at radius 3 is 2.18 bits per heavy atom. The lowest BCUT2D eigenvalue weighted by Crippen LogP contribution is -2.29. The number of aliphatic hydroxyl groups excluding tert-OH is 1. The Morgan fingerprint density at radius 1 is 0.872 bits per heavy atom. The molecule has 1 amide bonds. The van der Waals surface area contributed by atoms with Crippen LogP contribution in [0.4, 0.5) is 5.69 Å². The number of hydrogen-bond acceptors (Lipinski definition) is 5. The third-order valence-corrected chi connectivity index (χ3v) is 6.97. The van der Waals surface area contributed by atoms with Gasteiger partial charge in [-0.1, -0.05) is 52.0 Å². The fraction of sp³-hybridized carbons (Fsp3) is 0.333. The summed E-state index contributed by atoms with van der Waals surface area (Å²) in [6.45, 7) is 13.1. The van der Waals surface area contributed by atoms with Crippen molar-refractivity contribution in [3.05, 3.63) is 94.6 Å². The maximum absolute atomic E-state index is 13.6. The van der Waals surface area contributed by atoms with Crippen molar-refractivity contribution < 1.29 is 24.2 Å². The zero-order chi connectivity index (χ0) is 28.3. The Labute approximate surface area is 230 Å². The van der Waals surface area contributed by atoms with Crippen LogP contribution in [-0.4, -0.2) is 30.0 Å². The zero-order valence-corrected chi connectivity index (χ0v) is 23.5. The smallest absolute Gasteiger partial charge is 0.300 e. The van der Waals surface area contributed by atoms with Crippen molar-refractivity contribution >= 4 is 23.1 Å². The summed E-state index contributed by atoms with van der Waals surface area (Å²) >= 11 is 0. The van der Waals surface area contributed by atoms with Gasteiger partial charge in [0, 0.05) is 11.3 Å². The number of carbonyl (C=O) groups is 2. The van der Waals surface area contributed by atoms with E-state index in [2.05, 4.69) is 13.8 Å². The van der Waals surface area contributed by atoms with Crippen molar-refractivity contribution in [2.45, 2.75) is 59.4 Å². The quantitative estimate of drug-likeness (QED) is 0.179. The van der Waals surface area contributed by atoms with Gasteiger partial charge in [0.25, 0.3) is 11.7 Å². The summed E-state index contributed by atoms with van der Waals surface area (Å²) in [7, 11) is 0. The molecule has 6 nitrogen and oxygen atoms in total. The van der Waals surface area contributed by atoms with Gasteiger partial charge in [-0.05, 0) is 84.8 Å². The summed E-state index contributed by atoms with van der Waals surface area (Å²) in [5, 5.41) is 11.6. The lowest BCUT2D eigenvalue weighted by Gasteiger charge is -2.26. The van der Waals surface area contributed by atoms with E-state index in [9.17, 15) is 14.7 Å². The van der Waals surface area contributed by atoms with Gasteiger partial charge >= 0.3 is 0 Å². The highest BCUT2D eigenvalue weighted by Gasteiger charge is 2.47. The van der Waals surface area contributed by atoms with E-state index < -0.39 is 17.7 Å². The van der Waals surface area contributed by atoms with Crippen LogP contribution in [0.3, 0.4) is 0 Å². The molecule has 0 aliphatic carbocycles. The third-order valence-electron chi connectivity index (χ3n) is 6.97. The summed E-state index contributed by atoms with van der Waals surface area (Å²) in [6.07, 6.45) is 0. The largest absolute Gasteiger partial charge is 0.507 e. The van der Waals surface area contributed by atoms with Crippen molar-refractivity contribution in [3.63, 3.8) is 0 Å². The van der Waals surface area contributed by atoms with Gasteiger partial charge in [-0.3, -0.25) is 14.5 Å². The van der Waals surface area contributed by atoms with Crippen LogP contribution in [0.25, 0.3) is 5.76 Å². The first-order valence-corrected chi connectivity index (χ1v) is 13.6. The molecule has 3 aromatic carbocycles. The monoisotopic (exact) mass is 527 g/mol. The molecule has 204 valence electrons. The lowest BCUT2D eigenvalue weighted by atomic mass is 9.93. The van der Waals surface area contributed by atoms with Gasteiger partial charge in [0.15, 0.2) is 0 Å². The second-order valence-electron chi connectivity index (χ2n) is 10.3. The standard InChI is InChI=1S/C33H37NO5/c1-7-38-26-11-9-10-23(18-26)30-29(31(35)24-14-17-28(39-8-2)27(19-24)21(5)6)32(36)33(37)34(30)25-15-12-22(13-16-25)20(3)4/h9-21,30,35H,7-8H2,1-6H3/b31-29+. The Bertz CT molecular complexity index is 1390. The van der Waals surface area contributed by atoms with Gasteiger partial charge in [-0.15, -0.1) is 0 Å². The minimum absolute atomic E-state index is 0.0421. The maximum atomic E-state index is 13.6. The molecule has 6 heteroatoms. The number of nitrogens with zero attached hydrogens (tertiary/aromatic N) is 1. The average molecular weight is 528 g/mol. The van der Waals surface area contributed by atoms with Crippen LogP contribution in [-0.2, 0) is 9.59 Å². The molecule has 39 heavy (non-hydrogen) atoms. The second-order valence-corrected chi connectivity index (χ2v) is 10.3. The zero-order valence-electron chi connectivity index (χ0n) is 23.5. The van der Waals surface area contributed by atoms with Crippen LogP contribution in [0.15, 0.2) is 72.3 Å². The molecule has 1 unspecified atom stereocenters. The van der Waals surface area contributed by atoms with Crippen LogP contribution in [0.5, 0.6) is 11.5 Å². The molecular formula is C33H37NO5. The highest BCUT2D eigenvalue weighted by atomic mass is 16.5. The molecular weight excluding hydrogens is 490 g/mol. The number of ketones is 1. The van der Waals surface area contributed by atoms with E-state index in [0.29, 0.717) is 41.7 Å². The van der Waals surface area contributed by atoms with Crippen LogP contribution in [0.1, 0.15) is 81.7 Å². The molecule has 1 N–H and O–H groups in total. The van der Waals surface area contributed by atoms with Gasteiger partial charge in [0.2, 0.25) is 0 Å². The normalized spacial score (nSPS) is 16.8. The van der Waals surface area contributed by atoms with Gasteiger partial charge in [0.05, 0.1) is 24.8 Å². The molecule has 0 saturated carbocycles. The topological polar surface area (TPSA) is 76.1 Å². The Hall–Kier alpha value is -4.06. The van der Waals surface area contributed by atoms with E-state index in [1.165, 1.54) is 4.90 Å². The summed E-state index contributed by atoms with van der Waals surface area (Å²) < 4.78 is 11.5. The molecule has 4 rings (SSSR count). The van der Waals surface area contributed by atoms with E-state index in [0.717, 1.165) is 16.9 Å². The van der Waals surface area contributed by atoms with Gasteiger partial charge in [0.1, 0.15) is 17.3 Å². The molecule has 0 spiro atoms. The summed E-state index contributed by atoms with van der Waals surface area (Å²) in [5.74, 6) is 0.173. The number of anilines is 1. The highest BCUT2D eigenvalue weighted by molar-refractivity contribution is 6.51. The van der Waals surface area contributed by atoms with Gasteiger partial charge in [-0.25, -0.2) is 0 Å². The predicted molar refractivity (Wildman–Crippen MR) is 155 cm³/mol. The first kappa shape index (κ1) is 28.0. The van der Waals surface area contributed by atoms with Crippen LogP contribution in [0.2, 0.25) is 0 Å². The molecule has 1 aliphatic rings. The van der Waals surface area contributed by atoms with Gasteiger partial charge in [-0.2, -0.15) is 0 Å². The van der Waals surface area contributed by atoms with E-state index in [1.807, 2.05) is 82.3 Å². The molecule has 1 saturated heterocycles. The molecule has 1 aliphatic heterocycles. The predicted octanol–water partition coefficient (Wildman–Crippen LogP) is 7.36. The number of hydrogen-bond donors (Lipinski definition) is 1. The van der Waals surface area contributed by atoms with Crippen LogP contribution in [0, 0.1) is 0 Å². The number of Topliss-reactive ketones (excluding diaryl/α,β-unsaturated/α-hetero) is 1. The number of ether oxygens (including phenoxy) is 2. The Morgan fingerprint density at radius 2 is 1.56 bits per heavy atom. The van der Waals surface area contributed by atoms with Gasteiger partial charge < -0.3 is 14.6 Å². The van der Waals surface area contributed by atoms with E-state index >= 15 is 0 Å².